The summed E-state index contributed by atoms with van der Waals surface area (Å²) in [5.41, 5.74) is 1.89. The Morgan fingerprint density at radius 1 is 1.16 bits per heavy atom. The van der Waals surface area contributed by atoms with E-state index < -0.39 is 0 Å². The fourth-order valence-electron chi connectivity index (χ4n) is 3.59. The van der Waals surface area contributed by atoms with Gasteiger partial charge in [-0.2, -0.15) is 0 Å². The molecule has 4 rings (SSSR count). The molecule has 1 aromatic carbocycles. The third-order valence-electron chi connectivity index (χ3n) is 4.93. The fourth-order valence-corrected chi connectivity index (χ4v) is 3.59. The summed E-state index contributed by atoms with van der Waals surface area (Å²) >= 11 is 0. The second kappa shape index (κ2) is 7.15. The van der Waals surface area contributed by atoms with Gasteiger partial charge in [0.25, 0.3) is 0 Å². The summed E-state index contributed by atoms with van der Waals surface area (Å²) in [6, 6.07) is 12.7. The number of nitrogens with one attached hydrogen (secondary N) is 1. The van der Waals surface area contributed by atoms with Gasteiger partial charge in [-0.05, 0) is 50.2 Å². The van der Waals surface area contributed by atoms with Crippen molar-refractivity contribution in [3.8, 4) is 11.4 Å². The highest BCUT2D eigenvalue weighted by Gasteiger charge is 2.23. The van der Waals surface area contributed by atoms with Crippen LogP contribution in [-0.2, 0) is 0 Å². The quantitative estimate of drug-likeness (QED) is 0.773. The number of likely N-dealkylation sites (tertiary alicyclic amines) is 1. The van der Waals surface area contributed by atoms with Crippen LogP contribution in [0, 0.1) is 0 Å². The van der Waals surface area contributed by atoms with Crippen molar-refractivity contribution in [2.24, 2.45) is 0 Å². The van der Waals surface area contributed by atoms with E-state index in [-0.39, 0.29) is 0 Å². The van der Waals surface area contributed by atoms with Crippen molar-refractivity contribution >= 4 is 16.7 Å². The summed E-state index contributed by atoms with van der Waals surface area (Å²) in [6.45, 7) is 5.46. The van der Waals surface area contributed by atoms with Crippen molar-refractivity contribution < 1.29 is 0 Å². The zero-order chi connectivity index (χ0) is 17.1. The van der Waals surface area contributed by atoms with Gasteiger partial charge in [0, 0.05) is 35.9 Å². The molecule has 25 heavy (non-hydrogen) atoms. The van der Waals surface area contributed by atoms with Crippen LogP contribution in [0.4, 0.5) is 5.82 Å². The van der Waals surface area contributed by atoms with Gasteiger partial charge in [0.15, 0.2) is 5.82 Å². The van der Waals surface area contributed by atoms with Gasteiger partial charge >= 0.3 is 0 Å². The molecular weight excluding hydrogens is 310 g/mol. The molecule has 128 valence electrons. The molecule has 1 fully saturated rings. The Labute approximate surface area is 148 Å². The second-order valence-electron chi connectivity index (χ2n) is 6.46. The molecule has 0 unspecified atom stereocenters. The highest BCUT2D eigenvalue weighted by Crippen LogP contribution is 2.25. The molecule has 1 atom stereocenters. The predicted octanol–water partition coefficient (Wildman–Crippen LogP) is 3.59. The smallest absolute Gasteiger partial charge is 0.163 e. The Balaban J connectivity index is 1.67. The average molecular weight is 333 g/mol. The molecule has 0 bridgehead atoms. The molecule has 0 saturated carbocycles. The summed E-state index contributed by atoms with van der Waals surface area (Å²) in [6.07, 6.45) is 6.11. The number of benzene rings is 1. The third-order valence-corrected chi connectivity index (χ3v) is 4.93. The van der Waals surface area contributed by atoms with E-state index in [2.05, 4.69) is 28.2 Å². The van der Waals surface area contributed by atoms with Crippen LogP contribution in [0.25, 0.3) is 22.3 Å². The lowest BCUT2D eigenvalue weighted by Gasteiger charge is -2.23. The molecule has 3 heterocycles. The summed E-state index contributed by atoms with van der Waals surface area (Å²) in [4.78, 5) is 16.3. The van der Waals surface area contributed by atoms with Crippen LogP contribution < -0.4 is 5.32 Å². The lowest BCUT2D eigenvalue weighted by atomic mass is 10.2. The maximum atomic E-state index is 4.80. The highest BCUT2D eigenvalue weighted by atomic mass is 15.2. The van der Waals surface area contributed by atoms with E-state index in [1.807, 2.05) is 36.5 Å². The van der Waals surface area contributed by atoms with E-state index in [1.54, 1.807) is 6.20 Å². The van der Waals surface area contributed by atoms with E-state index in [9.17, 15) is 0 Å². The van der Waals surface area contributed by atoms with Gasteiger partial charge in [0.1, 0.15) is 5.82 Å². The number of hydrogen-bond acceptors (Lipinski definition) is 5. The summed E-state index contributed by atoms with van der Waals surface area (Å²) in [5, 5.41) is 4.66. The number of likely N-dealkylation sites (N-methyl/N-ethyl adjacent to an activating group) is 1. The SMILES string of the molecule is CCN1CCC[C@@H]1CNc1nc(-c2cccnc2)nc2ccccc12. The molecule has 2 aromatic heterocycles. The van der Waals surface area contributed by atoms with Crippen molar-refractivity contribution in [2.75, 3.05) is 25.0 Å². The molecular formula is C20H23N5. The summed E-state index contributed by atoms with van der Waals surface area (Å²) < 4.78 is 0. The Kier molecular flexibility index (Phi) is 4.57. The Bertz CT molecular complexity index is 849. The largest absolute Gasteiger partial charge is 0.368 e. The van der Waals surface area contributed by atoms with E-state index in [0.717, 1.165) is 35.4 Å². The minimum Gasteiger partial charge on any atom is -0.368 e. The van der Waals surface area contributed by atoms with Gasteiger partial charge < -0.3 is 5.32 Å². The lowest BCUT2D eigenvalue weighted by Crippen LogP contribution is -2.34. The summed E-state index contributed by atoms with van der Waals surface area (Å²) in [5.74, 6) is 1.63. The van der Waals surface area contributed by atoms with E-state index in [4.69, 9.17) is 9.97 Å². The molecule has 0 aliphatic carbocycles. The standard InChI is InChI=1S/C20H23N5/c1-2-25-12-6-8-16(25)14-22-20-17-9-3-4-10-18(17)23-19(24-20)15-7-5-11-21-13-15/h3-5,7,9-11,13,16H,2,6,8,12,14H2,1H3,(H,22,23,24)/t16-/m1/s1. The monoisotopic (exact) mass is 333 g/mol. The topological polar surface area (TPSA) is 53.9 Å². The van der Waals surface area contributed by atoms with Gasteiger partial charge in [-0.15, -0.1) is 0 Å². The first-order chi connectivity index (χ1) is 12.3. The number of aromatic nitrogens is 3. The van der Waals surface area contributed by atoms with Gasteiger partial charge in [-0.3, -0.25) is 9.88 Å². The van der Waals surface area contributed by atoms with Crippen molar-refractivity contribution in [3.05, 3.63) is 48.8 Å². The van der Waals surface area contributed by atoms with Gasteiger partial charge in [-0.1, -0.05) is 19.1 Å². The molecule has 0 amide bonds. The highest BCUT2D eigenvalue weighted by molar-refractivity contribution is 5.90. The molecule has 0 radical (unpaired) electrons. The molecule has 0 spiro atoms. The number of nitrogens with zero attached hydrogens (tertiary/aromatic N) is 4. The lowest BCUT2D eigenvalue weighted by molar-refractivity contribution is 0.277. The first kappa shape index (κ1) is 16.0. The van der Waals surface area contributed by atoms with Crippen molar-refractivity contribution in [2.45, 2.75) is 25.8 Å². The minimum atomic E-state index is 0.584. The third kappa shape index (κ3) is 3.33. The maximum absolute atomic E-state index is 4.80. The number of fused-ring (bicyclic) bond motifs is 1. The van der Waals surface area contributed by atoms with Crippen LogP contribution in [0.5, 0.6) is 0 Å². The van der Waals surface area contributed by atoms with Crippen LogP contribution in [0.2, 0.25) is 0 Å². The normalized spacial score (nSPS) is 17.9. The molecule has 5 nitrogen and oxygen atoms in total. The van der Waals surface area contributed by atoms with Crippen LogP contribution in [0.1, 0.15) is 19.8 Å². The number of rotatable bonds is 5. The first-order valence-electron chi connectivity index (χ1n) is 9.00. The van der Waals surface area contributed by atoms with E-state index in [1.165, 1.54) is 19.4 Å². The molecule has 1 saturated heterocycles. The van der Waals surface area contributed by atoms with Crippen LogP contribution in [0.15, 0.2) is 48.8 Å². The number of para-hydroxylation sites is 1. The molecule has 5 heteroatoms. The van der Waals surface area contributed by atoms with Crippen molar-refractivity contribution in [3.63, 3.8) is 0 Å². The molecule has 3 aromatic rings. The summed E-state index contributed by atoms with van der Waals surface area (Å²) in [7, 11) is 0. The molecule has 1 aliphatic heterocycles. The fraction of sp³-hybridized carbons (Fsp3) is 0.350. The van der Waals surface area contributed by atoms with Gasteiger partial charge in [-0.25, -0.2) is 9.97 Å². The van der Waals surface area contributed by atoms with Gasteiger partial charge in [0.05, 0.1) is 5.52 Å². The van der Waals surface area contributed by atoms with Crippen molar-refractivity contribution in [1.82, 2.24) is 19.9 Å². The minimum absolute atomic E-state index is 0.584. The number of pyridine rings is 1. The van der Waals surface area contributed by atoms with E-state index in [0.29, 0.717) is 11.9 Å². The molecule has 1 aliphatic rings. The van der Waals surface area contributed by atoms with Gasteiger partial charge in [0.2, 0.25) is 0 Å². The van der Waals surface area contributed by atoms with Crippen LogP contribution >= 0.6 is 0 Å². The Morgan fingerprint density at radius 3 is 2.92 bits per heavy atom. The van der Waals surface area contributed by atoms with Crippen molar-refractivity contribution in [1.29, 1.82) is 0 Å². The maximum Gasteiger partial charge on any atom is 0.163 e. The van der Waals surface area contributed by atoms with Crippen LogP contribution in [0.3, 0.4) is 0 Å². The zero-order valence-corrected chi connectivity index (χ0v) is 14.5. The molecule has 1 N–H and O–H groups in total. The Hall–Kier alpha value is -2.53. The second-order valence-corrected chi connectivity index (χ2v) is 6.46. The Morgan fingerprint density at radius 2 is 2.08 bits per heavy atom. The average Bonchev–Trinajstić information content (AvgIpc) is 3.14. The van der Waals surface area contributed by atoms with E-state index >= 15 is 0 Å². The number of anilines is 1. The number of hydrogen-bond donors (Lipinski definition) is 1. The van der Waals surface area contributed by atoms with Crippen LogP contribution in [-0.4, -0.2) is 45.5 Å². The predicted molar refractivity (Wildman–Crippen MR) is 102 cm³/mol. The first-order valence-corrected chi connectivity index (χ1v) is 9.00. The zero-order valence-electron chi connectivity index (χ0n) is 14.5.